The van der Waals surface area contributed by atoms with Crippen molar-refractivity contribution in [2.75, 3.05) is 0 Å². The molecule has 4 heteroatoms. The van der Waals surface area contributed by atoms with E-state index < -0.39 is 0 Å². The van der Waals surface area contributed by atoms with Crippen LogP contribution in [0.1, 0.15) is 44.0 Å². The second kappa shape index (κ2) is 4.28. The molecule has 1 aliphatic carbocycles. The first-order valence-electron chi connectivity index (χ1n) is 5.90. The molecule has 0 aliphatic heterocycles. The number of carbonyl (C=O) groups is 1. The van der Waals surface area contributed by atoms with Crippen LogP contribution in [0.3, 0.4) is 0 Å². The highest BCUT2D eigenvalue weighted by Gasteiger charge is 2.25. The largest absolute Gasteiger partial charge is 0.349 e. The van der Waals surface area contributed by atoms with Gasteiger partial charge in [-0.2, -0.15) is 5.10 Å². The lowest BCUT2D eigenvalue weighted by molar-refractivity contribution is -0.124. The van der Waals surface area contributed by atoms with Crippen molar-refractivity contribution in [2.45, 2.75) is 39.2 Å². The third-order valence-electron chi connectivity index (χ3n) is 3.22. The van der Waals surface area contributed by atoms with Crippen LogP contribution in [0.4, 0.5) is 0 Å². The number of amides is 1. The summed E-state index contributed by atoms with van der Waals surface area (Å²) in [5, 5.41) is 7.36. The molecule has 1 aromatic rings. The van der Waals surface area contributed by atoms with Crippen LogP contribution in [0, 0.1) is 5.92 Å². The number of aryl methyl sites for hydroxylation is 1. The van der Waals surface area contributed by atoms with Crippen LogP contribution in [0.15, 0.2) is 6.20 Å². The standard InChI is InChI=1S/C12H19N3O/c1-8(2)12(16)14-10-5-4-6-11-9(10)7-13-15(11)3/h7-8,10H,4-6H2,1-3H3,(H,14,16). The first-order chi connectivity index (χ1) is 7.59. The van der Waals surface area contributed by atoms with Crippen LogP contribution in [-0.4, -0.2) is 15.7 Å². The van der Waals surface area contributed by atoms with E-state index in [-0.39, 0.29) is 17.9 Å². The minimum Gasteiger partial charge on any atom is -0.349 e. The van der Waals surface area contributed by atoms with Gasteiger partial charge < -0.3 is 5.32 Å². The molecule has 0 aromatic carbocycles. The van der Waals surface area contributed by atoms with Crippen LogP contribution < -0.4 is 5.32 Å². The van der Waals surface area contributed by atoms with Gasteiger partial charge in [0.05, 0.1) is 12.2 Å². The molecule has 0 saturated heterocycles. The topological polar surface area (TPSA) is 46.9 Å². The molecule has 1 unspecified atom stereocenters. The quantitative estimate of drug-likeness (QED) is 0.824. The van der Waals surface area contributed by atoms with Crippen LogP contribution in [0.2, 0.25) is 0 Å². The molecule has 1 atom stereocenters. The fourth-order valence-electron chi connectivity index (χ4n) is 2.19. The number of rotatable bonds is 2. The molecule has 88 valence electrons. The highest BCUT2D eigenvalue weighted by atomic mass is 16.1. The average molecular weight is 221 g/mol. The molecular formula is C12H19N3O. The van der Waals surface area contributed by atoms with Crippen molar-refractivity contribution in [2.24, 2.45) is 13.0 Å². The van der Waals surface area contributed by atoms with Crippen LogP contribution in [0.5, 0.6) is 0 Å². The van der Waals surface area contributed by atoms with E-state index in [2.05, 4.69) is 10.4 Å². The molecule has 1 aromatic heterocycles. The molecule has 1 amide bonds. The Balaban J connectivity index is 2.16. The zero-order valence-corrected chi connectivity index (χ0v) is 10.2. The zero-order valence-electron chi connectivity index (χ0n) is 10.2. The summed E-state index contributed by atoms with van der Waals surface area (Å²) in [6.07, 6.45) is 5.10. The van der Waals surface area contributed by atoms with Gasteiger partial charge in [0.2, 0.25) is 5.91 Å². The third-order valence-corrected chi connectivity index (χ3v) is 3.22. The fraction of sp³-hybridized carbons (Fsp3) is 0.667. The number of fused-ring (bicyclic) bond motifs is 1. The second-order valence-electron chi connectivity index (χ2n) is 4.78. The number of carbonyl (C=O) groups excluding carboxylic acids is 1. The van der Waals surface area contributed by atoms with Gasteiger partial charge >= 0.3 is 0 Å². The SMILES string of the molecule is CC(C)C(=O)NC1CCCc2c1cnn2C. The summed E-state index contributed by atoms with van der Waals surface area (Å²) in [4.78, 5) is 11.7. The maximum absolute atomic E-state index is 11.7. The van der Waals surface area contributed by atoms with E-state index in [4.69, 9.17) is 0 Å². The summed E-state index contributed by atoms with van der Waals surface area (Å²) in [6, 6.07) is 0.160. The Bertz CT molecular complexity index is 395. The van der Waals surface area contributed by atoms with E-state index in [9.17, 15) is 4.79 Å². The molecule has 0 saturated carbocycles. The van der Waals surface area contributed by atoms with E-state index in [0.717, 1.165) is 19.3 Å². The molecule has 16 heavy (non-hydrogen) atoms. The van der Waals surface area contributed by atoms with Crippen molar-refractivity contribution >= 4 is 5.91 Å². The summed E-state index contributed by atoms with van der Waals surface area (Å²) < 4.78 is 1.92. The van der Waals surface area contributed by atoms with Crippen LogP contribution in [0.25, 0.3) is 0 Å². The Hall–Kier alpha value is -1.32. The Kier molecular flexibility index (Phi) is 2.99. The highest BCUT2D eigenvalue weighted by molar-refractivity contribution is 5.78. The smallest absolute Gasteiger partial charge is 0.223 e. The molecule has 4 nitrogen and oxygen atoms in total. The molecular weight excluding hydrogens is 202 g/mol. The molecule has 1 N–H and O–H groups in total. The average Bonchev–Trinajstić information content (AvgIpc) is 2.62. The molecule has 1 aliphatic rings. The third kappa shape index (κ3) is 1.96. The summed E-state index contributed by atoms with van der Waals surface area (Å²) in [5.74, 6) is 0.170. The predicted molar refractivity (Wildman–Crippen MR) is 61.9 cm³/mol. The predicted octanol–water partition coefficient (Wildman–Crippen LogP) is 1.57. The van der Waals surface area contributed by atoms with Gasteiger partial charge in [0.15, 0.2) is 0 Å². The zero-order chi connectivity index (χ0) is 11.7. The van der Waals surface area contributed by atoms with Gasteiger partial charge in [-0.1, -0.05) is 13.8 Å². The van der Waals surface area contributed by atoms with Crippen molar-refractivity contribution in [3.05, 3.63) is 17.5 Å². The maximum Gasteiger partial charge on any atom is 0.223 e. The van der Waals surface area contributed by atoms with Crippen molar-refractivity contribution in [3.63, 3.8) is 0 Å². The Morgan fingerprint density at radius 1 is 1.62 bits per heavy atom. The summed E-state index contributed by atoms with van der Waals surface area (Å²) in [5.41, 5.74) is 2.46. The Labute approximate surface area is 96.0 Å². The normalized spacial score (nSPS) is 19.6. The van der Waals surface area contributed by atoms with Crippen molar-refractivity contribution in [3.8, 4) is 0 Å². The number of hydrogen-bond acceptors (Lipinski definition) is 2. The van der Waals surface area contributed by atoms with Crippen molar-refractivity contribution in [1.82, 2.24) is 15.1 Å². The molecule has 1 heterocycles. The van der Waals surface area contributed by atoms with E-state index in [1.807, 2.05) is 31.8 Å². The molecule has 0 bridgehead atoms. The van der Waals surface area contributed by atoms with Gasteiger partial charge in [-0.05, 0) is 19.3 Å². The fourth-order valence-corrected chi connectivity index (χ4v) is 2.19. The van der Waals surface area contributed by atoms with Gasteiger partial charge in [-0.3, -0.25) is 9.48 Å². The lowest BCUT2D eigenvalue weighted by atomic mass is 9.92. The Morgan fingerprint density at radius 3 is 3.06 bits per heavy atom. The minimum atomic E-state index is 0.0436. The van der Waals surface area contributed by atoms with Gasteiger partial charge in [-0.25, -0.2) is 0 Å². The highest BCUT2D eigenvalue weighted by Crippen LogP contribution is 2.29. The Morgan fingerprint density at radius 2 is 2.38 bits per heavy atom. The first-order valence-corrected chi connectivity index (χ1v) is 5.90. The molecule has 2 rings (SSSR count). The van der Waals surface area contributed by atoms with Gasteiger partial charge in [0.1, 0.15) is 0 Å². The lowest BCUT2D eigenvalue weighted by Gasteiger charge is -2.24. The maximum atomic E-state index is 11.7. The number of nitrogens with zero attached hydrogens (tertiary/aromatic N) is 2. The van der Waals surface area contributed by atoms with Crippen LogP contribution >= 0.6 is 0 Å². The first kappa shape index (κ1) is 11.2. The number of nitrogens with one attached hydrogen (secondary N) is 1. The summed E-state index contributed by atoms with van der Waals surface area (Å²) in [7, 11) is 1.96. The van der Waals surface area contributed by atoms with Crippen LogP contribution in [-0.2, 0) is 18.3 Å². The number of hydrogen-bond donors (Lipinski definition) is 1. The molecule has 0 spiro atoms. The van der Waals surface area contributed by atoms with Crippen molar-refractivity contribution < 1.29 is 4.79 Å². The molecule has 0 radical (unpaired) electrons. The second-order valence-corrected chi connectivity index (χ2v) is 4.78. The minimum absolute atomic E-state index is 0.0436. The summed E-state index contributed by atoms with van der Waals surface area (Å²) >= 11 is 0. The van der Waals surface area contributed by atoms with Gasteiger partial charge in [-0.15, -0.1) is 0 Å². The number of aromatic nitrogens is 2. The monoisotopic (exact) mass is 221 g/mol. The van der Waals surface area contributed by atoms with E-state index in [0.29, 0.717) is 0 Å². The van der Waals surface area contributed by atoms with E-state index >= 15 is 0 Å². The van der Waals surface area contributed by atoms with Gasteiger partial charge in [0, 0.05) is 24.2 Å². The lowest BCUT2D eigenvalue weighted by Crippen LogP contribution is -2.33. The van der Waals surface area contributed by atoms with E-state index in [1.165, 1.54) is 11.3 Å². The van der Waals surface area contributed by atoms with E-state index in [1.54, 1.807) is 0 Å². The summed E-state index contributed by atoms with van der Waals surface area (Å²) in [6.45, 7) is 3.84. The van der Waals surface area contributed by atoms with Gasteiger partial charge in [0.25, 0.3) is 0 Å². The van der Waals surface area contributed by atoms with Crippen molar-refractivity contribution in [1.29, 1.82) is 0 Å². The molecule has 0 fully saturated rings.